The highest BCUT2D eigenvalue weighted by atomic mass is 35.5. The van der Waals surface area contributed by atoms with Crippen molar-refractivity contribution in [3.8, 4) is 5.75 Å². The predicted octanol–water partition coefficient (Wildman–Crippen LogP) is 3.98. The Hall–Kier alpha value is -3.40. The standard InChI is InChI=1S/C22H25ClN6O4/c1-6-17-11(3)33-22(31)29(17)21-26-12(4)25-20(28-21)24-10(2)14-7-13-8-15(23)18(32-5)9-16(13)27-19(14)30/h7-11,17H,6H2,1-5H3,(H,27,30)(H,24,25,26,28)/t10-,11-,17-/m0/s1. The van der Waals surface area contributed by atoms with Crippen molar-refractivity contribution in [2.24, 2.45) is 0 Å². The molecule has 0 spiro atoms. The number of benzene rings is 1. The molecule has 0 unspecified atom stereocenters. The Kier molecular flexibility index (Phi) is 6.11. The van der Waals surface area contributed by atoms with E-state index < -0.39 is 12.1 Å². The number of ether oxygens (including phenoxy) is 2. The van der Waals surface area contributed by atoms with E-state index >= 15 is 0 Å². The van der Waals surface area contributed by atoms with Crippen LogP contribution in [0.25, 0.3) is 10.9 Å². The second-order valence-corrected chi connectivity index (χ2v) is 8.34. The Labute approximate surface area is 195 Å². The van der Waals surface area contributed by atoms with Gasteiger partial charge in [-0.2, -0.15) is 15.0 Å². The molecule has 1 amide bonds. The Morgan fingerprint density at radius 2 is 2.03 bits per heavy atom. The fourth-order valence-electron chi connectivity index (χ4n) is 4.00. The number of carbonyl (C=O) groups excluding carboxylic acids is 1. The van der Waals surface area contributed by atoms with E-state index in [2.05, 4.69) is 25.3 Å². The second-order valence-electron chi connectivity index (χ2n) is 7.93. The topological polar surface area (TPSA) is 122 Å². The minimum absolute atomic E-state index is 0.172. The summed E-state index contributed by atoms with van der Waals surface area (Å²) in [6.07, 6.45) is -0.0647. The van der Waals surface area contributed by atoms with E-state index in [0.717, 1.165) is 5.39 Å². The first-order valence-electron chi connectivity index (χ1n) is 10.6. The van der Waals surface area contributed by atoms with Gasteiger partial charge in [0.15, 0.2) is 0 Å². The maximum Gasteiger partial charge on any atom is 0.417 e. The lowest BCUT2D eigenvalue weighted by molar-refractivity contribution is 0.141. The van der Waals surface area contributed by atoms with Crippen LogP contribution < -0.4 is 20.5 Å². The number of hydrogen-bond donors (Lipinski definition) is 2. The number of aromatic amines is 1. The normalized spacial score (nSPS) is 19.0. The fourth-order valence-corrected chi connectivity index (χ4v) is 4.25. The van der Waals surface area contributed by atoms with E-state index in [9.17, 15) is 9.59 Å². The molecule has 0 saturated carbocycles. The minimum atomic E-state index is -0.489. The van der Waals surface area contributed by atoms with Gasteiger partial charge in [-0.05, 0) is 39.3 Å². The summed E-state index contributed by atoms with van der Waals surface area (Å²) in [7, 11) is 1.52. The van der Waals surface area contributed by atoms with Crippen LogP contribution in [0.3, 0.4) is 0 Å². The molecule has 2 N–H and O–H groups in total. The molecule has 11 heteroatoms. The number of aromatic nitrogens is 4. The lowest BCUT2D eigenvalue weighted by Crippen LogP contribution is -2.37. The van der Waals surface area contributed by atoms with Gasteiger partial charge in [0.2, 0.25) is 11.9 Å². The average Bonchev–Trinajstić information content (AvgIpc) is 3.05. The number of cyclic esters (lactones) is 1. The average molecular weight is 473 g/mol. The number of carbonyl (C=O) groups is 1. The van der Waals surface area contributed by atoms with Gasteiger partial charge >= 0.3 is 6.09 Å². The van der Waals surface area contributed by atoms with Crippen LogP contribution in [0.1, 0.15) is 44.6 Å². The molecule has 3 atom stereocenters. The number of halogens is 1. The molecule has 0 aliphatic carbocycles. The molecule has 0 bridgehead atoms. The van der Waals surface area contributed by atoms with E-state index in [4.69, 9.17) is 21.1 Å². The number of fused-ring (bicyclic) bond motifs is 1. The van der Waals surface area contributed by atoms with E-state index in [-0.39, 0.29) is 29.6 Å². The van der Waals surface area contributed by atoms with E-state index in [1.165, 1.54) is 12.0 Å². The highest BCUT2D eigenvalue weighted by molar-refractivity contribution is 6.32. The number of pyridine rings is 1. The molecular formula is C22H25ClN6O4. The molecule has 0 radical (unpaired) electrons. The predicted molar refractivity (Wildman–Crippen MR) is 125 cm³/mol. The van der Waals surface area contributed by atoms with Gasteiger partial charge in [-0.15, -0.1) is 0 Å². The number of methoxy groups -OCH3 is 1. The smallest absolute Gasteiger partial charge is 0.417 e. The molecule has 1 saturated heterocycles. The van der Waals surface area contributed by atoms with Gasteiger partial charge in [0, 0.05) is 17.0 Å². The molecule has 10 nitrogen and oxygen atoms in total. The number of hydrogen-bond acceptors (Lipinski definition) is 8. The quantitative estimate of drug-likeness (QED) is 0.552. The van der Waals surface area contributed by atoms with Crippen molar-refractivity contribution in [1.29, 1.82) is 0 Å². The molecule has 33 heavy (non-hydrogen) atoms. The molecule has 2 aromatic heterocycles. The molecule has 1 aromatic carbocycles. The summed E-state index contributed by atoms with van der Waals surface area (Å²) >= 11 is 6.25. The SMILES string of the molecule is CC[C@H]1[C@H](C)OC(=O)N1c1nc(C)nc(N[C@@H](C)c2cc3cc(Cl)c(OC)cc3[nH]c2=O)n1. The van der Waals surface area contributed by atoms with E-state index in [1.807, 2.05) is 20.8 Å². The van der Waals surface area contributed by atoms with Gasteiger partial charge < -0.3 is 19.8 Å². The number of rotatable bonds is 6. The van der Waals surface area contributed by atoms with Crippen molar-refractivity contribution in [2.75, 3.05) is 17.3 Å². The summed E-state index contributed by atoms with van der Waals surface area (Å²) in [5.41, 5.74) is 0.827. The summed E-state index contributed by atoms with van der Waals surface area (Å²) in [6, 6.07) is 4.56. The Bertz CT molecular complexity index is 1280. The van der Waals surface area contributed by atoms with Crippen LogP contribution in [0, 0.1) is 6.92 Å². The number of H-pyrrole nitrogens is 1. The van der Waals surface area contributed by atoms with Crippen LogP contribution in [-0.4, -0.2) is 45.3 Å². The first-order valence-corrected chi connectivity index (χ1v) is 11.0. The Morgan fingerprint density at radius 3 is 2.73 bits per heavy atom. The zero-order valence-corrected chi connectivity index (χ0v) is 19.7. The molecule has 4 rings (SSSR count). The molecule has 3 heterocycles. The van der Waals surface area contributed by atoms with Crippen molar-refractivity contribution >= 4 is 40.5 Å². The van der Waals surface area contributed by atoms with Gasteiger partial charge in [-0.1, -0.05) is 18.5 Å². The van der Waals surface area contributed by atoms with E-state index in [0.29, 0.717) is 34.1 Å². The van der Waals surface area contributed by atoms with Gasteiger partial charge in [0.05, 0.1) is 29.7 Å². The summed E-state index contributed by atoms with van der Waals surface area (Å²) in [5.74, 6) is 1.37. The third-order valence-electron chi connectivity index (χ3n) is 5.68. The van der Waals surface area contributed by atoms with Crippen LogP contribution in [0.15, 0.2) is 23.0 Å². The third-order valence-corrected chi connectivity index (χ3v) is 5.98. The van der Waals surface area contributed by atoms with Crippen molar-refractivity contribution < 1.29 is 14.3 Å². The van der Waals surface area contributed by atoms with Gasteiger partial charge in [0.1, 0.15) is 17.7 Å². The Balaban J connectivity index is 1.66. The largest absolute Gasteiger partial charge is 0.495 e. The van der Waals surface area contributed by atoms with Crippen LogP contribution in [0.4, 0.5) is 16.7 Å². The Morgan fingerprint density at radius 1 is 1.27 bits per heavy atom. The zero-order chi connectivity index (χ0) is 23.9. The lowest BCUT2D eigenvalue weighted by Gasteiger charge is -2.21. The van der Waals surface area contributed by atoms with Crippen LogP contribution in [-0.2, 0) is 4.74 Å². The van der Waals surface area contributed by atoms with Gasteiger partial charge in [-0.25, -0.2) is 9.69 Å². The number of nitrogens with zero attached hydrogens (tertiary/aromatic N) is 4. The lowest BCUT2D eigenvalue weighted by atomic mass is 10.1. The molecule has 174 valence electrons. The van der Waals surface area contributed by atoms with E-state index in [1.54, 1.807) is 25.1 Å². The minimum Gasteiger partial charge on any atom is -0.495 e. The maximum atomic E-state index is 12.8. The maximum absolute atomic E-state index is 12.8. The first kappa shape index (κ1) is 22.8. The number of amides is 1. The summed E-state index contributed by atoms with van der Waals surface area (Å²) < 4.78 is 10.6. The van der Waals surface area contributed by atoms with Crippen molar-refractivity contribution in [3.05, 3.63) is 45.0 Å². The van der Waals surface area contributed by atoms with Crippen molar-refractivity contribution in [3.63, 3.8) is 0 Å². The molecule has 1 aliphatic rings. The molecule has 3 aromatic rings. The van der Waals surface area contributed by atoms with Crippen LogP contribution in [0.2, 0.25) is 5.02 Å². The molecular weight excluding hydrogens is 448 g/mol. The number of anilines is 2. The fraction of sp³-hybridized carbons (Fsp3) is 0.409. The van der Waals surface area contributed by atoms with Crippen LogP contribution in [0.5, 0.6) is 5.75 Å². The highest BCUT2D eigenvalue weighted by Gasteiger charge is 2.40. The molecule has 1 fully saturated rings. The zero-order valence-electron chi connectivity index (χ0n) is 19.0. The summed E-state index contributed by atoms with van der Waals surface area (Å²) in [4.78, 5) is 42.6. The van der Waals surface area contributed by atoms with Crippen LogP contribution >= 0.6 is 11.6 Å². The number of aryl methyl sites for hydroxylation is 1. The highest BCUT2D eigenvalue weighted by Crippen LogP contribution is 2.30. The van der Waals surface area contributed by atoms with Crippen molar-refractivity contribution in [2.45, 2.75) is 52.3 Å². The van der Waals surface area contributed by atoms with Crippen molar-refractivity contribution in [1.82, 2.24) is 19.9 Å². The van der Waals surface area contributed by atoms with Gasteiger partial charge in [-0.3, -0.25) is 4.79 Å². The number of nitrogens with one attached hydrogen (secondary N) is 2. The third kappa shape index (κ3) is 4.30. The van der Waals surface area contributed by atoms with Gasteiger partial charge in [0.25, 0.3) is 5.56 Å². The second kappa shape index (κ2) is 8.86. The summed E-state index contributed by atoms with van der Waals surface area (Å²) in [6.45, 7) is 7.35. The first-order chi connectivity index (χ1) is 15.7. The summed E-state index contributed by atoms with van der Waals surface area (Å²) in [5, 5.41) is 4.35. The molecule has 1 aliphatic heterocycles. The monoisotopic (exact) mass is 472 g/mol.